The zero-order chi connectivity index (χ0) is 9.90. The van der Waals surface area contributed by atoms with Gasteiger partial charge in [0.25, 0.3) is 0 Å². The average molecular weight is 207 g/mol. The molecule has 13 heavy (non-hydrogen) atoms. The summed E-state index contributed by atoms with van der Waals surface area (Å²) in [5, 5.41) is -0.236. The number of rotatable bonds is 3. The SMILES string of the molecule is CC(CC1CCCCS1(=O)=O)ON. The third kappa shape index (κ3) is 2.93. The topological polar surface area (TPSA) is 69.4 Å². The summed E-state index contributed by atoms with van der Waals surface area (Å²) in [7, 11) is -2.86. The van der Waals surface area contributed by atoms with Crippen LogP contribution in [-0.4, -0.2) is 25.5 Å². The largest absolute Gasteiger partial charge is 0.302 e. The minimum absolute atomic E-state index is 0.169. The molecule has 0 amide bonds. The fourth-order valence-electron chi connectivity index (χ4n) is 1.71. The Morgan fingerprint density at radius 2 is 2.23 bits per heavy atom. The van der Waals surface area contributed by atoms with Gasteiger partial charge >= 0.3 is 0 Å². The highest BCUT2D eigenvalue weighted by Crippen LogP contribution is 2.23. The molecule has 0 aliphatic carbocycles. The Kier molecular flexibility index (Phi) is 3.70. The highest BCUT2D eigenvalue weighted by molar-refractivity contribution is 7.92. The Balaban J connectivity index is 2.56. The molecule has 0 spiro atoms. The first-order valence-corrected chi connectivity index (χ1v) is 6.35. The predicted molar refractivity (Wildman–Crippen MR) is 50.8 cm³/mol. The minimum atomic E-state index is -2.86. The first kappa shape index (κ1) is 10.9. The van der Waals surface area contributed by atoms with Crippen molar-refractivity contribution in [2.75, 3.05) is 5.75 Å². The van der Waals surface area contributed by atoms with Gasteiger partial charge in [0.2, 0.25) is 0 Å². The fourth-order valence-corrected chi connectivity index (χ4v) is 3.74. The van der Waals surface area contributed by atoms with Crippen LogP contribution in [0.4, 0.5) is 0 Å². The molecule has 0 bridgehead atoms. The van der Waals surface area contributed by atoms with E-state index in [1.54, 1.807) is 6.92 Å². The number of sulfone groups is 1. The molecular weight excluding hydrogens is 190 g/mol. The van der Waals surface area contributed by atoms with Crippen molar-refractivity contribution in [2.45, 2.75) is 44.0 Å². The summed E-state index contributed by atoms with van der Waals surface area (Å²) in [6.45, 7) is 1.80. The number of nitrogens with two attached hydrogens (primary N) is 1. The molecule has 1 rings (SSSR count). The third-order valence-corrected chi connectivity index (χ3v) is 4.84. The molecule has 78 valence electrons. The molecule has 0 aromatic rings. The van der Waals surface area contributed by atoms with Gasteiger partial charge in [-0.3, -0.25) is 0 Å². The van der Waals surface area contributed by atoms with Crippen molar-refractivity contribution in [2.24, 2.45) is 5.90 Å². The lowest BCUT2D eigenvalue weighted by atomic mass is 10.1. The van der Waals surface area contributed by atoms with Crippen molar-refractivity contribution in [3.8, 4) is 0 Å². The van der Waals surface area contributed by atoms with E-state index < -0.39 is 9.84 Å². The molecule has 0 radical (unpaired) electrons. The second-order valence-electron chi connectivity index (χ2n) is 3.67. The van der Waals surface area contributed by atoms with Gasteiger partial charge in [0, 0.05) is 0 Å². The lowest BCUT2D eigenvalue weighted by Crippen LogP contribution is -2.32. The Bertz CT molecular complexity index is 250. The van der Waals surface area contributed by atoms with E-state index in [1.165, 1.54) is 0 Å². The van der Waals surface area contributed by atoms with Crippen molar-refractivity contribution >= 4 is 9.84 Å². The van der Waals surface area contributed by atoms with Crippen LogP contribution in [0.5, 0.6) is 0 Å². The molecule has 2 unspecified atom stereocenters. The summed E-state index contributed by atoms with van der Waals surface area (Å²) in [4.78, 5) is 4.58. The summed E-state index contributed by atoms with van der Waals surface area (Å²) < 4.78 is 23.1. The van der Waals surface area contributed by atoms with Gasteiger partial charge in [-0.25, -0.2) is 14.3 Å². The number of hydrogen-bond acceptors (Lipinski definition) is 4. The molecule has 1 aliphatic rings. The molecule has 0 aromatic heterocycles. The first-order valence-electron chi connectivity index (χ1n) is 4.63. The van der Waals surface area contributed by atoms with Gasteiger partial charge in [-0.1, -0.05) is 6.42 Å². The summed E-state index contributed by atoms with van der Waals surface area (Å²) in [5.41, 5.74) is 0. The van der Waals surface area contributed by atoms with Gasteiger partial charge in [-0.05, 0) is 26.2 Å². The van der Waals surface area contributed by atoms with Gasteiger partial charge in [0.1, 0.15) is 0 Å². The van der Waals surface area contributed by atoms with Gasteiger partial charge < -0.3 is 4.84 Å². The fraction of sp³-hybridized carbons (Fsp3) is 1.00. The highest BCUT2D eigenvalue weighted by Gasteiger charge is 2.29. The zero-order valence-electron chi connectivity index (χ0n) is 7.90. The smallest absolute Gasteiger partial charge is 0.153 e. The van der Waals surface area contributed by atoms with Crippen LogP contribution < -0.4 is 5.90 Å². The third-order valence-electron chi connectivity index (χ3n) is 2.54. The van der Waals surface area contributed by atoms with E-state index in [9.17, 15) is 8.42 Å². The van der Waals surface area contributed by atoms with E-state index in [-0.39, 0.29) is 11.4 Å². The highest BCUT2D eigenvalue weighted by atomic mass is 32.2. The zero-order valence-corrected chi connectivity index (χ0v) is 8.72. The molecule has 4 nitrogen and oxygen atoms in total. The van der Waals surface area contributed by atoms with Crippen LogP contribution in [0.3, 0.4) is 0 Å². The normalized spacial score (nSPS) is 29.8. The molecular formula is C8H17NO3S. The lowest BCUT2D eigenvalue weighted by molar-refractivity contribution is 0.0592. The monoisotopic (exact) mass is 207 g/mol. The van der Waals surface area contributed by atoms with Crippen LogP contribution in [0.2, 0.25) is 0 Å². The summed E-state index contributed by atoms with van der Waals surface area (Å²) >= 11 is 0. The van der Waals surface area contributed by atoms with Crippen LogP contribution in [0.1, 0.15) is 32.6 Å². The summed E-state index contributed by atoms with van der Waals surface area (Å²) in [6.07, 6.45) is 2.92. The van der Waals surface area contributed by atoms with Crippen LogP contribution in [0, 0.1) is 0 Å². The van der Waals surface area contributed by atoms with Crippen molar-refractivity contribution in [1.29, 1.82) is 0 Å². The molecule has 5 heteroatoms. The van der Waals surface area contributed by atoms with E-state index in [0.717, 1.165) is 19.3 Å². The van der Waals surface area contributed by atoms with Crippen molar-refractivity contribution in [3.63, 3.8) is 0 Å². The minimum Gasteiger partial charge on any atom is -0.302 e. The molecule has 0 saturated carbocycles. The quantitative estimate of drug-likeness (QED) is 0.689. The molecule has 2 N–H and O–H groups in total. The van der Waals surface area contributed by atoms with Crippen LogP contribution in [0.15, 0.2) is 0 Å². The van der Waals surface area contributed by atoms with Gasteiger partial charge in [0.15, 0.2) is 9.84 Å². The van der Waals surface area contributed by atoms with Crippen LogP contribution >= 0.6 is 0 Å². The second-order valence-corrected chi connectivity index (χ2v) is 6.07. The lowest BCUT2D eigenvalue weighted by Gasteiger charge is -2.23. The Hall–Kier alpha value is -0.130. The maximum Gasteiger partial charge on any atom is 0.153 e. The van der Waals surface area contributed by atoms with E-state index >= 15 is 0 Å². The Morgan fingerprint density at radius 3 is 2.77 bits per heavy atom. The maximum atomic E-state index is 11.5. The van der Waals surface area contributed by atoms with Crippen LogP contribution in [-0.2, 0) is 14.7 Å². The maximum absolute atomic E-state index is 11.5. The van der Waals surface area contributed by atoms with E-state index in [0.29, 0.717) is 12.2 Å². The van der Waals surface area contributed by atoms with Crippen molar-refractivity contribution < 1.29 is 13.3 Å². The molecule has 1 heterocycles. The standard InChI is InChI=1S/C8H17NO3S/c1-7(12-9)6-8-4-2-3-5-13(8,10)11/h7-8H,2-6,9H2,1H3. The van der Waals surface area contributed by atoms with Gasteiger partial charge in [-0.15, -0.1) is 0 Å². The van der Waals surface area contributed by atoms with Gasteiger partial charge in [-0.2, -0.15) is 0 Å². The molecule has 0 aromatic carbocycles. The molecule has 1 aliphatic heterocycles. The Labute approximate surface area is 79.3 Å². The number of hydrogen-bond donors (Lipinski definition) is 1. The summed E-state index contributed by atoms with van der Waals surface area (Å²) in [6, 6.07) is 0. The van der Waals surface area contributed by atoms with E-state index in [4.69, 9.17) is 5.90 Å². The van der Waals surface area contributed by atoms with Crippen LogP contribution in [0.25, 0.3) is 0 Å². The average Bonchev–Trinajstić information content (AvgIpc) is 2.08. The van der Waals surface area contributed by atoms with E-state index in [1.807, 2.05) is 0 Å². The first-order chi connectivity index (χ1) is 6.06. The van der Waals surface area contributed by atoms with E-state index in [2.05, 4.69) is 4.84 Å². The molecule has 2 atom stereocenters. The molecule has 1 fully saturated rings. The Morgan fingerprint density at radius 1 is 1.54 bits per heavy atom. The predicted octanol–water partition coefficient (Wildman–Crippen LogP) is 0.623. The summed E-state index contributed by atoms with van der Waals surface area (Å²) in [5.74, 6) is 5.31. The van der Waals surface area contributed by atoms with Gasteiger partial charge in [0.05, 0.1) is 17.1 Å². The van der Waals surface area contributed by atoms with Crippen molar-refractivity contribution in [1.82, 2.24) is 0 Å². The second kappa shape index (κ2) is 4.39. The molecule has 1 saturated heterocycles. The van der Waals surface area contributed by atoms with Crippen molar-refractivity contribution in [3.05, 3.63) is 0 Å².